The number of rotatable bonds is 4. The summed E-state index contributed by atoms with van der Waals surface area (Å²) >= 11 is 0. The zero-order valence-electron chi connectivity index (χ0n) is 16.5. The third kappa shape index (κ3) is 3.50. The minimum atomic E-state index is -0.0192. The fraction of sp³-hybridized carbons (Fsp3) is 0.318. The quantitative estimate of drug-likeness (QED) is 0.814. The molecule has 0 spiro atoms. The molecule has 0 aliphatic carbocycles. The predicted octanol–water partition coefficient (Wildman–Crippen LogP) is 4.16. The SMILES string of the molecule is COc1ccc(C(=O)N2CCc3cc(OC)c(OC)cc3C2=C(C)C)cc1. The number of amides is 1. The zero-order chi connectivity index (χ0) is 19.6. The van der Waals surface area contributed by atoms with Crippen molar-refractivity contribution in [3.05, 3.63) is 58.7 Å². The highest BCUT2D eigenvalue weighted by molar-refractivity contribution is 6.00. The van der Waals surface area contributed by atoms with Gasteiger partial charge < -0.3 is 19.1 Å². The molecule has 0 radical (unpaired) electrons. The number of hydrogen-bond donors (Lipinski definition) is 0. The molecule has 142 valence electrons. The standard InChI is InChI=1S/C22H25NO4/c1-14(2)21-18-13-20(27-5)19(26-4)12-16(18)10-11-23(21)22(24)15-6-8-17(25-3)9-7-15/h6-9,12-13H,10-11H2,1-5H3. The summed E-state index contributed by atoms with van der Waals surface area (Å²) in [7, 11) is 4.87. The topological polar surface area (TPSA) is 48.0 Å². The van der Waals surface area contributed by atoms with Crippen LogP contribution in [0, 0.1) is 0 Å². The second-order valence-corrected chi connectivity index (χ2v) is 6.65. The number of carbonyl (C=O) groups excluding carboxylic acids is 1. The highest BCUT2D eigenvalue weighted by Crippen LogP contribution is 2.39. The highest BCUT2D eigenvalue weighted by atomic mass is 16.5. The third-order valence-corrected chi connectivity index (χ3v) is 4.79. The number of nitrogens with zero attached hydrogens (tertiary/aromatic N) is 1. The lowest BCUT2D eigenvalue weighted by molar-refractivity contribution is 0.0832. The average Bonchev–Trinajstić information content (AvgIpc) is 2.71. The van der Waals surface area contributed by atoms with Crippen molar-refractivity contribution in [2.75, 3.05) is 27.9 Å². The molecule has 0 saturated carbocycles. The Morgan fingerprint density at radius 3 is 2.11 bits per heavy atom. The van der Waals surface area contributed by atoms with Gasteiger partial charge >= 0.3 is 0 Å². The van der Waals surface area contributed by atoms with Gasteiger partial charge in [-0.25, -0.2) is 0 Å². The van der Waals surface area contributed by atoms with Crippen LogP contribution in [0.1, 0.15) is 35.3 Å². The van der Waals surface area contributed by atoms with Crippen molar-refractivity contribution in [1.29, 1.82) is 0 Å². The first-order valence-corrected chi connectivity index (χ1v) is 8.88. The van der Waals surface area contributed by atoms with Crippen molar-refractivity contribution >= 4 is 11.6 Å². The molecule has 1 amide bonds. The lowest BCUT2D eigenvalue weighted by atomic mass is 9.93. The maximum atomic E-state index is 13.2. The van der Waals surface area contributed by atoms with Crippen LogP contribution in [0.25, 0.3) is 5.70 Å². The van der Waals surface area contributed by atoms with Gasteiger partial charge in [0.05, 0.1) is 27.0 Å². The van der Waals surface area contributed by atoms with E-state index in [1.807, 2.05) is 30.9 Å². The van der Waals surface area contributed by atoms with Crippen LogP contribution in [-0.2, 0) is 6.42 Å². The van der Waals surface area contributed by atoms with Gasteiger partial charge in [0.1, 0.15) is 5.75 Å². The molecule has 3 rings (SSSR count). The maximum absolute atomic E-state index is 13.2. The maximum Gasteiger partial charge on any atom is 0.258 e. The molecule has 1 heterocycles. The van der Waals surface area contributed by atoms with Crippen LogP contribution in [0.15, 0.2) is 42.0 Å². The summed E-state index contributed by atoms with van der Waals surface area (Å²) in [5, 5.41) is 0. The number of ether oxygens (including phenoxy) is 3. The normalized spacial score (nSPS) is 13.1. The molecule has 0 bridgehead atoms. The van der Waals surface area contributed by atoms with Gasteiger partial charge in [0.2, 0.25) is 0 Å². The minimum absolute atomic E-state index is 0.0192. The number of hydrogen-bond acceptors (Lipinski definition) is 4. The minimum Gasteiger partial charge on any atom is -0.497 e. The van der Waals surface area contributed by atoms with E-state index in [1.54, 1.807) is 45.6 Å². The number of carbonyl (C=O) groups is 1. The molecule has 1 aliphatic rings. The monoisotopic (exact) mass is 367 g/mol. The van der Waals surface area contributed by atoms with Crippen molar-refractivity contribution in [3.63, 3.8) is 0 Å². The summed E-state index contributed by atoms with van der Waals surface area (Å²) in [5.41, 5.74) is 4.81. The van der Waals surface area contributed by atoms with E-state index >= 15 is 0 Å². The van der Waals surface area contributed by atoms with Crippen LogP contribution in [0.3, 0.4) is 0 Å². The highest BCUT2D eigenvalue weighted by Gasteiger charge is 2.29. The van der Waals surface area contributed by atoms with E-state index in [1.165, 1.54) is 0 Å². The van der Waals surface area contributed by atoms with Gasteiger partial charge in [0.15, 0.2) is 11.5 Å². The molecule has 5 nitrogen and oxygen atoms in total. The van der Waals surface area contributed by atoms with E-state index in [9.17, 15) is 4.79 Å². The van der Waals surface area contributed by atoms with Gasteiger partial charge in [-0.1, -0.05) is 5.57 Å². The second-order valence-electron chi connectivity index (χ2n) is 6.65. The molecule has 0 atom stereocenters. The molecule has 2 aromatic rings. The Morgan fingerprint density at radius 1 is 0.926 bits per heavy atom. The Balaban J connectivity index is 2.04. The van der Waals surface area contributed by atoms with Gasteiger partial charge in [-0.2, -0.15) is 0 Å². The molecule has 1 aliphatic heterocycles. The van der Waals surface area contributed by atoms with Gasteiger partial charge in [-0.15, -0.1) is 0 Å². The summed E-state index contributed by atoms with van der Waals surface area (Å²) in [6.07, 6.45) is 0.758. The summed E-state index contributed by atoms with van der Waals surface area (Å²) in [4.78, 5) is 15.0. The van der Waals surface area contributed by atoms with Gasteiger partial charge in [-0.3, -0.25) is 4.79 Å². The first kappa shape index (κ1) is 18.8. The van der Waals surface area contributed by atoms with Crippen molar-refractivity contribution in [2.24, 2.45) is 0 Å². The Kier molecular flexibility index (Phi) is 5.40. The van der Waals surface area contributed by atoms with Crippen molar-refractivity contribution in [2.45, 2.75) is 20.3 Å². The van der Waals surface area contributed by atoms with E-state index in [2.05, 4.69) is 0 Å². The van der Waals surface area contributed by atoms with E-state index < -0.39 is 0 Å². The molecule has 0 fully saturated rings. The Bertz CT molecular complexity index is 880. The van der Waals surface area contributed by atoms with Crippen LogP contribution in [0.4, 0.5) is 0 Å². The molecule has 0 aromatic heterocycles. The number of fused-ring (bicyclic) bond motifs is 1. The number of allylic oxidation sites excluding steroid dienone is 1. The summed E-state index contributed by atoms with van der Waals surface area (Å²) < 4.78 is 16.1. The third-order valence-electron chi connectivity index (χ3n) is 4.79. The van der Waals surface area contributed by atoms with Crippen LogP contribution >= 0.6 is 0 Å². The molecular formula is C22H25NO4. The first-order valence-electron chi connectivity index (χ1n) is 8.88. The van der Waals surface area contributed by atoms with E-state index in [0.717, 1.165) is 34.6 Å². The van der Waals surface area contributed by atoms with E-state index in [4.69, 9.17) is 14.2 Å². The fourth-order valence-corrected chi connectivity index (χ4v) is 3.47. The largest absolute Gasteiger partial charge is 0.497 e. The Morgan fingerprint density at radius 2 is 1.56 bits per heavy atom. The van der Waals surface area contributed by atoms with Gasteiger partial charge in [-0.05, 0) is 62.2 Å². The van der Waals surface area contributed by atoms with Crippen LogP contribution < -0.4 is 14.2 Å². The lowest BCUT2D eigenvalue weighted by Crippen LogP contribution is -2.35. The summed E-state index contributed by atoms with van der Waals surface area (Å²) in [5.74, 6) is 2.08. The van der Waals surface area contributed by atoms with Crippen LogP contribution in [0.5, 0.6) is 17.2 Å². The van der Waals surface area contributed by atoms with E-state index in [0.29, 0.717) is 23.6 Å². The van der Waals surface area contributed by atoms with Crippen molar-refractivity contribution in [1.82, 2.24) is 4.90 Å². The molecule has 0 unspecified atom stereocenters. The second kappa shape index (κ2) is 7.74. The van der Waals surface area contributed by atoms with Crippen molar-refractivity contribution < 1.29 is 19.0 Å². The number of methoxy groups -OCH3 is 3. The molecule has 2 aromatic carbocycles. The number of benzene rings is 2. The Hall–Kier alpha value is -2.95. The van der Waals surface area contributed by atoms with Gasteiger partial charge in [0, 0.05) is 17.7 Å². The fourth-order valence-electron chi connectivity index (χ4n) is 3.47. The van der Waals surface area contributed by atoms with Crippen LogP contribution in [-0.4, -0.2) is 38.7 Å². The summed E-state index contributed by atoms with van der Waals surface area (Å²) in [6, 6.07) is 11.2. The van der Waals surface area contributed by atoms with Gasteiger partial charge in [0.25, 0.3) is 5.91 Å². The summed E-state index contributed by atoms with van der Waals surface area (Å²) in [6.45, 7) is 4.67. The Labute approximate surface area is 160 Å². The molecule has 27 heavy (non-hydrogen) atoms. The average molecular weight is 367 g/mol. The smallest absolute Gasteiger partial charge is 0.258 e. The predicted molar refractivity (Wildman–Crippen MR) is 106 cm³/mol. The van der Waals surface area contributed by atoms with Crippen LogP contribution in [0.2, 0.25) is 0 Å². The van der Waals surface area contributed by atoms with E-state index in [-0.39, 0.29) is 5.91 Å². The lowest BCUT2D eigenvalue weighted by Gasteiger charge is -2.33. The molecular weight excluding hydrogens is 342 g/mol. The molecule has 5 heteroatoms. The first-order chi connectivity index (χ1) is 13.0. The van der Waals surface area contributed by atoms with Crippen molar-refractivity contribution in [3.8, 4) is 17.2 Å². The zero-order valence-corrected chi connectivity index (χ0v) is 16.5. The molecule has 0 saturated heterocycles. The molecule has 0 N–H and O–H groups in total.